The summed E-state index contributed by atoms with van der Waals surface area (Å²) >= 11 is 0. The molecule has 1 saturated carbocycles. The van der Waals surface area contributed by atoms with Gasteiger partial charge in [-0.2, -0.15) is 12.7 Å². The molecule has 0 aromatic heterocycles. The van der Waals surface area contributed by atoms with Gasteiger partial charge in [0.15, 0.2) is 0 Å². The van der Waals surface area contributed by atoms with E-state index in [2.05, 4.69) is 5.32 Å². The number of hydrogen-bond acceptors (Lipinski definition) is 4. The minimum Gasteiger partial charge on any atom is -0.352 e. The van der Waals surface area contributed by atoms with Gasteiger partial charge in [-0.3, -0.25) is 9.59 Å². The molecule has 2 aromatic rings. The van der Waals surface area contributed by atoms with Gasteiger partial charge in [0, 0.05) is 26.7 Å². The summed E-state index contributed by atoms with van der Waals surface area (Å²) in [5.74, 6) is -0.619. The first-order valence-electron chi connectivity index (χ1n) is 12.5. The Hall–Kier alpha value is -2.91. The molecule has 1 fully saturated rings. The third-order valence-corrected chi connectivity index (χ3v) is 8.41. The molecule has 1 atom stereocenters. The van der Waals surface area contributed by atoms with E-state index in [1.807, 2.05) is 38.1 Å². The Morgan fingerprint density at radius 3 is 2.28 bits per heavy atom. The van der Waals surface area contributed by atoms with Gasteiger partial charge in [-0.05, 0) is 43.9 Å². The summed E-state index contributed by atoms with van der Waals surface area (Å²) in [7, 11) is -1.08. The van der Waals surface area contributed by atoms with Crippen molar-refractivity contribution < 1.29 is 18.0 Å². The molecule has 2 aromatic carbocycles. The molecular formula is C27H38N4O4S. The molecule has 0 radical (unpaired) electrons. The number of nitrogens with one attached hydrogen (secondary N) is 1. The number of benzene rings is 2. The molecule has 1 unspecified atom stereocenters. The molecule has 0 saturated heterocycles. The molecule has 0 aliphatic heterocycles. The number of carbonyl (C=O) groups excluding carboxylic acids is 2. The quantitative estimate of drug-likeness (QED) is 0.497. The second-order valence-electron chi connectivity index (χ2n) is 9.56. The van der Waals surface area contributed by atoms with Crippen molar-refractivity contribution >= 4 is 27.7 Å². The van der Waals surface area contributed by atoms with Crippen molar-refractivity contribution in [3.05, 3.63) is 65.7 Å². The van der Waals surface area contributed by atoms with E-state index in [1.54, 1.807) is 30.3 Å². The number of carbonyl (C=O) groups is 2. The minimum atomic E-state index is -3.95. The fraction of sp³-hybridized carbons (Fsp3) is 0.481. The lowest BCUT2D eigenvalue weighted by Crippen LogP contribution is -2.54. The zero-order valence-electron chi connectivity index (χ0n) is 21.7. The summed E-state index contributed by atoms with van der Waals surface area (Å²) < 4.78 is 28.6. The second kappa shape index (κ2) is 12.4. The number of rotatable bonds is 11. The number of aryl methyl sites for hydroxylation is 1. The summed E-state index contributed by atoms with van der Waals surface area (Å²) in [5, 5.41) is 3.12. The van der Waals surface area contributed by atoms with Crippen molar-refractivity contribution in [1.82, 2.24) is 14.5 Å². The fourth-order valence-corrected chi connectivity index (χ4v) is 5.66. The minimum absolute atomic E-state index is 0.123. The molecule has 8 nitrogen and oxygen atoms in total. The Morgan fingerprint density at radius 2 is 1.69 bits per heavy atom. The molecule has 9 heteroatoms. The Kier molecular flexibility index (Phi) is 9.50. The van der Waals surface area contributed by atoms with E-state index in [4.69, 9.17) is 0 Å². The Labute approximate surface area is 215 Å². The van der Waals surface area contributed by atoms with Gasteiger partial charge in [0.25, 0.3) is 0 Å². The molecule has 0 spiro atoms. The molecule has 0 heterocycles. The van der Waals surface area contributed by atoms with Gasteiger partial charge in [-0.15, -0.1) is 0 Å². The van der Waals surface area contributed by atoms with Crippen molar-refractivity contribution in [1.29, 1.82) is 0 Å². The molecule has 0 bridgehead atoms. The molecule has 1 N–H and O–H groups in total. The zero-order valence-corrected chi connectivity index (χ0v) is 22.5. The highest BCUT2D eigenvalue weighted by Gasteiger charge is 2.34. The van der Waals surface area contributed by atoms with Crippen LogP contribution in [0.4, 0.5) is 5.69 Å². The predicted octanol–water partition coefficient (Wildman–Crippen LogP) is 3.47. The van der Waals surface area contributed by atoms with Gasteiger partial charge in [0.1, 0.15) is 12.6 Å². The van der Waals surface area contributed by atoms with E-state index < -0.39 is 28.7 Å². The Bertz CT molecular complexity index is 1130. The first-order valence-corrected chi connectivity index (χ1v) is 13.9. The highest BCUT2D eigenvalue weighted by atomic mass is 32.2. The summed E-state index contributed by atoms with van der Waals surface area (Å²) in [4.78, 5) is 28.7. The average Bonchev–Trinajstić information content (AvgIpc) is 3.35. The molecular weight excluding hydrogens is 476 g/mol. The van der Waals surface area contributed by atoms with Crippen LogP contribution < -0.4 is 9.62 Å². The van der Waals surface area contributed by atoms with Crippen LogP contribution in [0.3, 0.4) is 0 Å². The fourth-order valence-electron chi connectivity index (χ4n) is 4.61. The Balaban J connectivity index is 1.94. The van der Waals surface area contributed by atoms with Crippen LogP contribution in [0.5, 0.6) is 0 Å². The summed E-state index contributed by atoms with van der Waals surface area (Å²) in [5.41, 5.74) is 2.32. The molecule has 1 aliphatic carbocycles. The molecule has 196 valence electrons. The first-order chi connectivity index (χ1) is 17.1. The maximum Gasteiger partial charge on any atom is 0.304 e. The van der Waals surface area contributed by atoms with Crippen molar-refractivity contribution in [3.8, 4) is 0 Å². The number of para-hydroxylation sites is 1. The summed E-state index contributed by atoms with van der Waals surface area (Å²) in [6, 6.07) is 15.8. The maximum absolute atomic E-state index is 13.8. The van der Waals surface area contributed by atoms with Crippen molar-refractivity contribution in [3.63, 3.8) is 0 Å². The number of hydrogen-bond donors (Lipinski definition) is 1. The number of nitrogens with zero attached hydrogens (tertiary/aromatic N) is 3. The smallest absolute Gasteiger partial charge is 0.304 e. The predicted molar refractivity (Wildman–Crippen MR) is 143 cm³/mol. The van der Waals surface area contributed by atoms with E-state index in [9.17, 15) is 18.0 Å². The molecule has 2 amide bonds. The first kappa shape index (κ1) is 27.7. The van der Waals surface area contributed by atoms with Crippen LogP contribution in [-0.2, 0) is 26.3 Å². The van der Waals surface area contributed by atoms with Crippen molar-refractivity contribution in [2.45, 2.75) is 64.6 Å². The van der Waals surface area contributed by atoms with Crippen molar-refractivity contribution in [2.24, 2.45) is 0 Å². The lowest BCUT2D eigenvalue weighted by atomic mass is 10.1. The van der Waals surface area contributed by atoms with Crippen LogP contribution in [0.1, 0.15) is 50.2 Å². The highest BCUT2D eigenvalue weighted by molar-refractivity contribution is 7.90. The highest BCUT2D eigenvalue weighted by Crippen LogP contribution is 2.22. The van der Waals surface area contributed by atoms with Gasteiger partial charge in [-0.1, -0.05) is 67.8 Å². The zero-order chi connectivity index (χ0) is 26.3. The molecule has 1 aliphatic rings. The van der Waals surface area contributed by atoms with E-state index in [-0.39, 0.29) is 18.5 Å². The van der Waals surface area contributed by atoms with Gasteiger partial charge in [0.2, 0.25) is 11.8 Å². The molecule has 36 heavy (non-hydrogen) atoms. The van der Waals surface area contributed by atoms with Crippen LogP contribution in [0.2, 0.25) is 0 Å². The van der Waals surface area contributed by atoms with Crippen LogP contribution in [0.25, 0.3) is 0 Å². The standard InChI is InChI=1S/C27H38N4O4S/c1-5-25(27(33)28-23-14-9-10-15-23)30(19-22-13-11-12-21(2)18-22)26(32)20-31(36(34,35)29(3)4)24-16-7-6-8-17-24/h6-8,11-13,16-18,23,25H,5,9-10,14-15,19-20H2,1-4H3,(H,28,33). The normalized spacial score (nSPS) is 15.0. The molecule has 3 rings (SSSR count). The van der Waals surface area contributed by atoms with Gasteiger partial charge < -0.3 is 10.2 Å². The average molecular weight is 515 g/mol. The van der Waals surface area contributed by atoms with Crippen LogP contribution in [-0.4, -0.2) is 62.2 Å². The van der Waals surface area contributed by atoms with E-state index in [0.717, 1.165) is 45.4 Å². The van der Waals surface area contributed by atoms with Gasteiger partial charge in [-0.25, -0.2) is 4.31 Å². The second-order valence-corrected chi connectivity index (χ2v) is 11.6. The monoisotopic (exact) mass is 514 g/mol. The largest absolute Gasteiger partial charge is 0.352 e. The van der Waals surface area contributed by atoms with Crippen LogP contribution in [0, 0.1) is 6.92 Å². The van der Waals surface area contributed by atoms with Crippen LogP contribution >= 0.6 is 0 Å². The third kappa shape index (κ3) is 6.85. The van der Waals surface area contributed by atoms with E-state index in [0.29, 0.717) is 12.1 Å². The summed E-state index contributed by atoms with van der Waals surface area (Å²) in [6.07, 6.45) is 4.47. The number of anilines is 1. The van der Waals surface area contributed by atoms with E-state index >= 15 is 0 Å². The number of amides is 2. The Morgan fingerprint density at radius 1 is 1.03 bits per heavy atom. The van der Waals surface area contributed by atoms with Gasteiger partial charge >= 0.3 is 10.2 Å². The topological polar surface area (TPSA) is 90.0 Å². The van der Waals surface area contributed by atoms with E-state index in [1.165, 1.54) is 19.0 Å². The van der Waals surface area contributed by atoms with Gasteiger partial charge in [0.05, 0.1) is 5.69 Å². The third-order valence-electron chi connectivity index (χ3n) is 6.59. The van der Waals surface area contributed by atoms with Crippen LogP contribution in [0.15, 0.2) is 54.6 Å². The summed E-state index contributed by atoms with van der Waals surface area (Å²) in [6.45, 7) is 3.65. The van der Waals surface area contributed by atoms with Crippen molar-refractivity contribution in [2.75, 3.05) is 24.9 Å². The SMILES string of the molecule is CCC(C(=O)NC1CCCC1)N(Cc1cccc(C)c1)C(=O)CN(c1ccccc1)S(=O)(=O)N(C)C. The lowest BCUT2D eigenvalue weighted by Gasteiger charge is -2.34. The lowest BCUT2D eigenvalue weighted by molar-refractivity contribution is -0.140. The maximum atomic E-state index is 13.8.